The van der Waals surface area contributed by atoms with Crippen LogP contribution in [0.5, 0.6) is 0 Å². The first-order valence-corrected chi connectivity index (χ1v) is 8.80. The number of ether oxygens (including phenoxy) is 2. The Labute approximate surface area is 142 Å². The van der Waals surface area contributed by atoms with Crippen molar-refractivity contribution in [2.24, 2.45) is 0 Å². The first-order valence-electron chi connectivity index (χ1n) is 7.36. The fraction of sp³-hybridized carbons (Fsp3) is 0.500. The monoisotopic (exact) mass is 357 g/mol. The van der Waals surface area contributed by atoms with Gasteiger partial charge in [-0.3, -0.25) is 4.79 Å². The van der Waals surface area contributed by atoms with Crippen LogP contribution in [0.3, 0.4) is 0 Å². The molecular formula is C16H23NO6S. The average molecular weight is 357 g/mol. The maximum absolute atomic E-state index is 12.7. The van der Waals surface area contributed by atoms with Gasteiger partial charge in [0.1, 0.15) is 5.60 Å². The van der Waals surface area contributed by atoms with E-state index in [-0.39, 0.29) is 17.9 Å². The predicted molar refractivity (Wildman–Crippen MR) is 87.9 cm³/mol. The van der Waals surface area contributed by atoms with Gasteiger partial charge in [0.2, 0.25) is 0 Å². The lowest BCUT2D eigenvalue weighted by molar-refractivity contribution is -0.140. The third kappa shape index (κ3) is 5.52. The van der Waals surface area contributed by atoms with Gasteiger partial charge in [-0.1, -0.05) is 17.7 Å². The lowest BCUT2D eigenvalue weighted by Crippen LogP contribution is -2.42. The quantitative estimate of drug-likeness (QED) is 0.752. The molecule has 0 N–H and O–H groups in total. The maximum atomic E-state index is 12.7. The minimum atomic E-state index is -4.14. The number of nitrogens with zero attached hydrogens (tertiary/aromatic N) is 1. The molecule has 0 saturated heterocycles. The summed E-state index contributed by atoms with van der Waals surface area (Å²) >= 11 is 0. The third-order valence-corrected chi connectivity index (χ3v) is 4.73. The number of methoxy groups -OCH3 is 1. The predicted octanol–water partition coefficient (Wildman–Crippen LogP) is 2.48. The molecule has 0 aliphatic heterocycles. The fourth-order valence-electron chi connectivity index (χ4n) is 1.75. The molecule has 0 atom stereocenters. The van der Waals surface area contributed by atoms with Crippen LogP contribution in [-0.4, -0.2) is 44.0 Å². The lowest BCUT2D eigenvalue weighted by Gasteiger charge is -2.26. The Hall–Kier alpha value is -2.09. The molecule has 0 fully saturated rings. The van der Waals surface area contributed by atoms with Gasteiger partial charge in [0.15, 0.2) is 0 Å². The summed E-state index contributed by atoms with van der Waals surface area (Å²) in [6.07, 6.45) is -1.30. The van der Waals surface area contributed by atoms with E-state index in [0.717, 1.165) is 5.56 Å². The van der Waals surface area contributed by atoms with E-state index in [1.807, 2.05) is 6.92 Å². The second kappa shape index (κ2) is 7.65. The Morgan fingerprint density at radius 1 is 1.12 bits per heavy atom. The van der Waals surface area contributed by atoms with E-state index in [0.29, 0.717) is 4.31 Å². The molecule has 24 heavy (non-hydrogen) atoms. The number of rotatable bonds is 5. The molecule has 8 heteroatoms. The van der Waals surface area contributed by atoms with Crippen LogP contribution in [0.4, 0.5) is 4.79 Å². The van der Waals surface area contributed by atoms with Crippen molar-refractivity contribution < 1.29 is 27.5 Å². The number of hydrogen-bond donors (Lipinski definition) is 0. The largest absolute Gasteiger partial charge is 0.469 e. The van der Waals surface area contributed by atoms with Crippen molar-refractivity contribution in [2.45, 2.75) is 44.6 Å². The number of amides is 1. The standard InChI is InChI=1S/C16H23NO6S/c1-12-6-8-13(9-7-12)24(20,21)17(11-10-14(18)22-5)15(19)23-16(2,3)4/h6-9H,10-11H2,1-5H3. The Morgan fingerprint density at radius 3 is 2.12 bits per heavy atom. The average Bonchev–Trinajstić information content (AvgIpc) is 2.45. The normalized spacial score (nSPS) is 11.7. The van der Waals surface area contributed by atoms with Crippen molar-refractivity contribution in [1.82, 2.24) is 4.31 Å². The summed E-state index contributed by atoms with van der Waals surface area (Å²) in [6.45, 7) is 6.34. The zero-order chi connectivity index (χ0) is 18.5. The molecular weight excluding hydrogens is 334 g/mol. The minimum Gasteiger partial charge on any atom is -0.469 e. The highest BCUT2D eigenvalue weighted by atomic mass is 32.2. The molecule has 0 bridgehead atoms. The zero-order valence-electron chi connectivity index (χ0n) is 14.5. The molecule has 0 spiro atoms. The lowest BCUT2D eigenvalue weighted by atomic mass is 10.2. The smallest absolute Gasteiger partial charge is 0.424 e. The summed E-state index contributed by atoms with van der Waals surface area (Å²) in [5.41, 5.74) is 0.0102. The Bertz CT molecular complexity index is 688. The summed E-state index contributed by atoms with van der Waals surface area (Å²) < 4.78 is 35.7. The van der Waals surface area contributed by atoms with Gasteiger partial charge in [0, 0.05) is 0 Å². The number of carbonyl (C=O) groups excluding carboxylic acids is 2. The Kier molecular flexibility index (Phi) is 6.36. The summed E-state index contributed by atoms with van der Waals surface area (Å²) in [6, 6.07) is 6.06. The number of carbonyl (C=O) groups is 2. The minimum absolute atomic E-state index is 0.0520. The number of hydrogen-bond acceptors (Lipinski definition) is 6. The van der Waals surface area contributed by atoms with Crippen molar-refractivity contribution in [2.75, 3.05) is 13.7 Å². The number of esters is 1. The summed E-state index contributed by atoms with van der Waals surface area (Å²) in [5, 5.41) is 0. The molecule has 0 aliphatic carbocycles. The molecule has 0 radical (unpaired) electrons. The molecule has 0 saturated carbocycles. The molecule has 0 aliphatic rings. The van der Waals surface area contributed by atoms with E-state index in [1.165, 1.54) is 19.2 Å². The van der Waals surface area contributed by atoms with Gasteiger partial charge in [-0.05, 0) is 39.8 Å². The first kappa shape index (κ1) is 20.0. The highest BCUT2D eigenvalue weighted by molar-refractivity contribution is 7.89. The van der Waals surface area contributed by atoms with Gasteiger partial charge >= 0.3 is 12.1 Å². The van der Waals surface area contributed by atoms with Gasteiger partial charge in [-0.15, -0.1) is 0 Å². The summed E-state index contributed by atoms with van der Waals surface area (Å²) in [4.78, 5) is 23.6. The van der Waals surface area contributed by atoms with E-state index in [4.69, 9.17) is 4.74 Å². The van der Waals surface area contributed by atoms with Crippen molar-refractivity contribution >= 4 is 22.1 Å². The van der Waals surface area contributed by atoms with Gasteiger partial charge in [0.25, 0.3) is 10.0 Å². The Morgan fingerprint density at radius 2 is 1.67 bits per heavy atom. The molecule has 0 unspecified atom stereocenters. The Balaban J connectivity index is 3.16. The van der Waals surface area contributed by atoms with Gasteiger partial charge in [0.05, 0.1) is 25.0 Å². The van der Waals surface area contributed by atoms with Crippen molar-refractivity contribution in [3.8, 4) is 0 Å². The van der Waals surface area contributed by atoms with Crippen LogP contribution in [0.25, 0.3) is 0 Å². The van der Waals surface area contributed by atoms with Crippen molar-refractivity contribution in [3.05, 3.63) is 29.8 Å². The van der Waals surface area contributed by atoms with Crippen LogP contribution in [0.15, 0.2) is 29.2 Å². The van der Waals surface area contributed by atoms with Crippen molar-refractivity contribution in [1.29, 1.82) is 0 Å². The summed E-state index contributed by atoms with van der Waals surface area (Å²) in [5.74, 6) is -0.623. The number of benzene rings is 1. The number of sulfonamides is 1. The van der Waals surface area contributed by atoms with Gasteiger partial charge in [-0.25, -0.2) is 13.2 Å². The molecule has 1 aromatic rings. The fourth-order valence-corrected chi connectivity index (χ4v) is 3.05. The van der Waals surface area contributed by atoms with Crippen LogP contribution in [0.1, 0.15) is 32.8 Å². The van der Waals surface area contributed by atoms with E-state index >= 15 is 0 Å². The van der Waals surface area contributed by atoms with E-state index in [9.17, 15) is 18.0 Å². The van der Waals surface area contributed by atoms with E-state index in [2.05, 4.69) is 4.74 Å². The van der Waals surface area contributed by atoms with Gasteiger partial charge < -0.3 is 9.47 Å². The van der Waals surface area contributed by atoms with Crippen molar-refractivity contribution in [3.63, 3.8) is 0 Å². The van der Waals surface area contributed by atoms with E-state index < -0.39 is 27.7 Å². The van der Waals surface area contributed by atoms with Crippen LogP contribution in [-0.2, 0) is 24.3 Å². The molecule has 134 valence electrons. The van der Waals surface area contributed by atoms with Crippen LogP contribution in [0, 0.1) is 6.92 Å². The molecule has 1 aromatic carbocycles. The molecule has 0 heterocycles. The topological polar surface area (TPSA) is 90.0 Å². The number of aryl methyl sites for hydroxylation is 1. The molecule has 1 amide bonds. The van der Waals surface area contributed by atoms with Crippen LogP contribution in [0.2, 0.25) is 0 Å². The van der Waals surface area contributed by atoms with Crippen LogP contribution < -0.4 is 0 Å². The highest BCUT2D eigenvalue weighted by Crippen LogP contribution is 2.20. The van der Waals surface area contributed by atoms with Crippen LogP contribution >= 0.6 is 0 Å². The first-order chi connectivity index (χ1) is 11.0. The SMILES string of the molecule is COC(=O)CCN(C(=O)OC(C)(C)C)S(=O)(=O)c1ccc(C)cc1. The zero-order valence-corrected chi connectivity index (χ0v) is 15.3. The maximum Gasteiger partial charge on any atom is 0.424 e. The highest BCUT2D eigenvalue weighted by Gasteiger charge is 2.33. The third-order valence-electron chi connectivity index (χ3n) is 2.95. The molecule has 1 rings (SSSR count). The second-order valence-corrected chi connectivity index (χ2v) is 8.06. The molecule has 0 aromatic heterocycles. The second-order valence-electron chi connectivity index (χ2n) is 6.20. The molecule has 7 nitrogen and oxygen atoms in total. The summed E-state index contributed by atoms with van der Waals surface area (Å²) in [7, 11) is -2.95. The van der Waals surface area contributed by atoms with E-state index in [1.54, 1.807) is 32.9 Å². The van der Waals surface area contributed by atoms with Gasteiger partial charge in [-0.2, -0.15) is 4.31 Å².